The summed E-state index contributed by atoms with van der Waals surface area (Å²) < 4.78 is 1.08. The van der Waals surface area contributed by atoms with Crippen LogP contribution in [0.5, 0.6) is 0 Å². The van der Waals surface area contributed by atoms with Gasteiger partial charge in [0.25, 0.3) is 0 Å². The highest BCUT2D eigenvalue weighted by Crippen LogP contribution is 2.29. The van der Waals surface area contributed by atoms with Gasteiger partial charge in [-0.25, -0.2) is 0 Å². The van der Waals surface area contributed by atoms with Crippen molar-refractivity contribution in [1.82, 2.24) is 0 Å². The molecule has 0 aromatic carbocycles. The Morgan fingerprint density at radius 2 is 1.50 bits per heavy atom. The molecule has 0 aliphatic heterocycles. The molecule has 0 atom stereocenters. The first-order chi connectivity index (χ1) is 5.86. The summed E-state index contributed by atoms with van der Waals surface area (Å²) >= 11 is 5.70. The van der Waals surface area contributed by atoms with Crippen LogP contribution in [0.4, 0.5) is 0 Å². The summed E-state index contributed by atoms with van der Waals surface area (Å²) in [6.45, 7) is 0. The molecule has 3 rings (SSSR count). The third kappa shape index (κ3) is 1.54. The molecule has 2 aliphatic rings. The van der Waals surface area contributed by atoms with E-state index in [9.17, 15) is 0 Å². The Morgan fingerprint density at radius 3 is 1.58 bits per heavy atom. The molecule has 2 heteroatoms. The lowest BCUT2D eigenvalue weighted by molar-refractivity contribution is 1.55. The van der Waals surface area contributed by atoms with E-state index in [1.54, 1.807) is 11.3 Å². The maximum absolute atomic E-state index is 4.05. The molecule has 2 aliphatic carbocycles. The van der Waals surface area contributed by atoms with Gasteiger partial charge in [-0.1, -0.05) is 30.3 Å². The van der Waals surface area contributed by atoms with Crippen LogP contribution in [0.2, 0.25) is 0 Å². The standard InChI is InChI=1S/C6H4.C4H4S2/c1-2-6-4-3-5(1)6;5-4-2-1-3-6-4/h1-4H;1-3,5H. The summed E-state index contributed by atoms with van der Waals surface area (Å²) in [5, 5.41) is 2.00. The maximum Gasteiger partial charge on any atom is 0.0567 e. The molecule has 0 N–H and O–H groups in total. The molecule has 0 nitrogen and oxygen atoms in total. The highest BCUT2D eigenvalue weighted by atomic mass is 32.2. The number of benzene rings is 1. The minimum absolute atomic E-state index is 1.08. The quantitative estimate of drug-likeness (QED) is 0.516. The summed E-state index contributed by atoms with van der Waals surface area (Å²) in [6, 6.07) is 12.4. The second-order valence-electron chi connectivity index (χ2n) is 2.53. The number of thiophene rings is 1. The summed E-state index contributed by atoms with van der Waals surface area (Å²) in [7, 11) is 0. The zero-order valence-electron chi connectivity index (χ0n) is 6.40. The monoisotopic (exact) mass is 192 g/mol. The predicted octanol–water partition coefficient (Wildman–Crippen LogP) is 3.70. The Labute approximate surface area is 81.3 Å². The maximum atomic E-state index is 4.05. The Hall–Kier alpha value is -0.730. The Balaban J connectivity index is 0.0000000939. The van der Waals surface area contributed by atoms with E-state index in [-0.39, 0.29) is 0 Å². The molecule has 0 spiro atoms. The largest absolute Gasteiger partial charge is 0.138 e. The molecule has 1 aromatic heterocycles. The van der Waals surface area contributed by atoms with Crippen molar-refractivity contribution < 1.29 is 0 Å². The van der Waals surface area contributed by atoms with Crippen molar-refractivity contribution in [3.63, 3.8) is 0 Å². The molecule has 0 bridgehead atoms. The van der Waals surface area contributed by atoms with Crippen LogP contribution in [0.3, 0.4) is 0 Å². The van der Waals surface area contributed by atoms with Crippen molar-refractivity contribution in [3.05, 3.63) is 41.8 Å². The second-order valence-corrected chi connectivity index (χ2v) is 4.26. The van der Waals surface area contributed by atoms with Crippen LogP contribution in [0.25, 0.3) is 11.1 Å². The van der Waals surface area contributed by atoms with Crippen LogP contribution in [-0.4, -0.2) is 0 Å². The highest BCUT2D eigenvalue weighted by Gasteiger charge is 2.03. The van der Waals surface area contributed by atoms with Gasteiger partial charge in [0.2, 0.25) is 0 Å². The van der Waals surface area contributed by atoms with Crippen LogP contribution in [-0.2, 0) is 0 Å². The summed E-state index contributed by atoms with van der Waals surface area (Å²) in [6.07, 6.45) is 0. The zero-order chi connectivity index (χ0) is 8.39. The van der Waals surface area contributed by atoms with Crippen molar-refractivity contribution >= 4 is 24.0 Å². The number of hydrogen-bond acceptors (Lipinski definition) is 2. The van der Waals surface area contributed by atoms with Crippen molar-refractivity contribution in [2.75, 3.05) is 0 Å². The molecule has 0 fully saturated rings. The minimum atomic E-state index is 1.08. The lowest BCUT2D eigenvalue weighted by Crippen LogP contribution is -1.85. The Morgan fingerprint density at radius 1 is 0.917 bits per heavy atom. The van der Waals surface area contributed by atoms with Gasteiger partial charge in [0.05, 0.1) is 4.21 Å². The lowest BCUT2D eigenvalue weighted by atomic mass is 9.95. The first-order valence-corrected chi connectivity index (χ1v) is 5.02. The predicted molar refractivity (Wildman–Crippen MR) is 57.0 cm³/mol. The number of thiol groups is 1. The van der Waals surface area contributed by atoms with Gasteiger partial charge in [0.1, 0.15) is 0 Å². The number of rotatable bonds is 0. The molecule has 0 radical (unpaired) electrons. The van der Waals surface area contributed by atoms with Crippen molar-refractivity contribution in [1.29, 1.82) is 0 Å². The van der Waals surface area contributed by atoms with Gasteiger partial charge in [0.15, 0.2) is 0 Å². The van der Waals surface area contributed by atoms with E-state index in [0.717, 1.165) is 4.21 Å². The molecule has 60 valence electrons. The fourth-order valence-electron chi connectivity index (χ4n) is 0.933. The number of hydrogen-bond donors (Lipinski definition) is 1. The van der Waals surface area contributed by atoms with Crippen molar-refractivity contribution in [3.8, 4) is 11.1 Å². The fourth-order valence-corrected chi connectivity index (χ4v) is 1.65. The van der Waals surface area contributed by atoms with Gasteiger partial charge in [-0.3, -0.25) is 0 Å². The van der Waals surface area contributed by atoms with E-state index in [0.29, 0.717) is 0 Å². The zero-order valence-corrected chi connectivity index (χ0v) is 8.11. The molecule has 1 heterocycles. The topological polar surface area (TPSA) is 0 Å². The van der Waals surface area contributed by atoms with E-state index in [2.05, 4.69) is 36.9 Å². The average Bonchev–Trinajstić information content (AvgIpc) is 2.49. The summed E-state index contributed by atoms with van der Waals surface area (Å²) in [5.41, 5.74) is 2.85. The van der Waals surface area contributed by atoms with E-state index in [1.807, 2.05) is 17.5 Å². The van der Waals surface area contributed by atoms with Crippen molar-refractivity contribution in [2.24, 2.45) is 0 Å². The van der Waals surface area contributed by atoms with E-state index in [1.165, 1.54) is 11.1 Å². The van der Waals surface area contributed by atoms with Gasteiger partial charge >= 0.3 is 0 Å². The van der Waals surface area contributed by atoms with Crippen LogP contribution < -0.4 is 0 Å². The van der Waals surface area contributed by atoms with Crippen LogP contribution in [0.15, 0.2) is 46.0 Å². The first kappa shape index (κ1) is 7.90. The Kier molecular flexibility index (Phi) is 2.19. The molecule has 0 saturated carbocycles. The third-order valence-corrected chi connectivity index (χ3v) is 2.86. The molecule has 1 aromatic rings. The van der Waals surface area contributed by atoms with E-state index < -0.39 is 0 Å². The average molecular weight is 192 g/mol. The third-order valence-electron chi connectivity index (χ3n) is 1.72. The minimum Gasteiger partial charge on any atom is -0.138 e. The van der Waals surface area contributed by atoms with Gasteiger partial charge in [-0.05, 0) is 22.6 Å². The van der Waals surface area contributed by atoms with Gasteiger partial charge < -0.3 is 0 Å². The second kappa shape index (κ2) is 3.33. The van der Waals surface area contributed by atoms with Crippen LogP contribution in [0.1, 0.15) is 0 Å². The summed E-state index contributed by atoms with van der Waals surface area (Å²) in [5.74, 6) is 0. The van der Waals surface area contributed by atoms with E-state index in [4.69, 9.17) is 0 Å². The van der Waals surface area contributed by atoms with Gasteiger partial charge in [0, 0.05) is 0 Å². The van der Waals surface area contributed by atoms with Crippen LogP contribution in [0, 0.1) is 0 Å². The molecule has 12 heavy (non-hydrogen) atoms. The van der Waals surface area contributed by atoms with Crippen LogP contribution >= 0.6 is 24.0 Å². The van der Waals surface area contributed by atoms with E-state index >= 15 is 0 Å². The lowest BCUT2D eigenvalue weighted by Gasteiger charge is -2.10. The number of fused-ring (bicyclic) bond motifs is 1. The fraction of sp³-hybridized carbons (Fsp3) is 0. The molecule has 0 saturated heterocycles. The molecule has 0 amide bonds. The summed E-state index contributed by atoms with van der Waals surface area (Å²) in [4.78, 5) is 0. The molecular weight excluding hydrogens is 184 g/mol. The first-order valence-electron chi connectivity index (χ1n) is 3.69. The Bertz CT molecular complexity index is 325. The highest BCUT2D eigenvalue weighted by molar-refractivity contribution is 7.82. The van der Waals surface area contributed by atoms with Gasteiger partial charge in [-0.15, -0.1) is 24.0 Å². The molecular formula is C10H8S2. The smallest absolute Gasteiger partial charge is 0.0567 e. The SMILES string of the molecule is Sc1cccs1.c1cc2ccc1-2. The normalized spacial score (nSPS) is 10.1. The molecule has 0 unspecified atom stereocenters. The van der Waals surface area contributed by atoms with Crippen molar-refractivity contribution in [2.45, 2.75) is 4.21 Å². The van der Waals surface area contributed by atoms with Gasteiger partial charge in [-0.2, -0.15) is 0 Å².